The number of amides is 1. The van der Waals surface area contributed by atoms with Gasteiger partial charge in [-0.25, -0.2) is 4.98 Å². The number of benzene rings is 1. The average Bonchev–Trinajstić information content (AvgIpc) is 3.54. The van der Waals surface area contributed by atoms with Crippen LogP contribution in [0.4, 0.5) is 11.4 Å². The Hall–Kier alpha value is -3.71. The number of aryl methyl sites for hydroxylation is 1. The molecule has 4 rings (SSSR count). The van der Waals surface area contributed by atoms with Crippen LogP contribution in [0.5, 0.6) is 11.5 Å². The number of hydrogen-bond donors (Lipinski definition) is 2. The van der Waals surface area contributed by atoms with Crippen LogP contribution in [0.3, 0.4) is 0 Å². The third-order valence-corrected chi connectivity index (χ3v) is 7.19. The van der Waals surface area contributed by atoms with Crippen molar-refractivity contribution in [3.05, 3.63) is 47.4 Å². The second-order valence-corrected chi connectivity index (χ2v) is 9.55. The molecule has 2 N–H and O–H groups in total. The smallest absolute Gasteiger partial charge is 0.296 e. The summed E-state index contributed by atoms with van der Waals surface area (Å²) in [6.07, 6.45) is 3.31. The number of ketones is 2. The first kappa shape index (κ1) is 22.5. The molecule has 0 saturated heterocycles. The molecule has 1 amide bonds. The maximum Gasteiger partial charge on any atom is 0.296 e. The van der Waals surface area contributed by atoms with Crippen LogP contribution in [0.1, 0.15) is 22.5 Å². The molecule has 0 atom stereocenters. The van der Waals surface area contributed by atoms with Crippen LogP contribution in [-0.4, -0.2) is 44.6 Å². The number of fused-ring (bicyclic) bond motifs is 1. The van der Waals surface area contributed by atoms with Crippen LogP contribution >= 0.6 is 11.3 Å². The van der Waals surface area contributed by atoms with Gasteiger partial charge in [0.1, 0.15) is 12.4 Å². The SMILES string of the molecule is COc1c2c(cc(NS(=O)(=O)c3nccs3)c1OCC(=O)CCc1ccco1)C(=O)C(=O)N2. The lowest BCUT2D eigenvalue weighted by atomic mass is 10.1. The molecule has 11 nitrogen and oxygen atoms in total. The number of carbonyl (C=O) groups is 3. The van der Waals surface area contributed by atoms with Gasteiger partial charge < -0.3 is 19.2 Å². The first-order valence-corrected chi connectivity index (χ1v) is 11.9. The number of ether oxygens (including phenoxy) is 2. The highest BCUT2D eigenvalue weighted by atomic mass is 32.2. The summed E-state index contributed by atoms with van der Waals surface area (Å²) in [5.41, 5.74) is -0.239. The summed E-state index contributed by atoms with van der Waals surface area (Å²) >= 11 is 0.885. The number of sulfonamides is 1. The molecule has 172 valence electrons. The second kappa shape index (κ2) is 9.03. The molecule has 0 aliphatic carbocycles. The molecule has 1 aliphatic heterocycles. The molecule has 0 fully saturated rings. The normalized spacial score (nSPS) is 12.9. The fourth-order valence-corrected chi connectivity index (χ4v) is 5.01. The number of methoxy groups -OCH3 is 1. The molecule has 0 spiro atoms. The Morgan fingerprint density at radius 1 is 1.30 bits per heavy atom. The minimum atomic E-state index is -4.14. The molecule has 0 radical (unpaired) electrons. The Balaban J connectivity index is 1.65. The van der Waals surface area contributed by atoms with E-state index in [1.807, 2.05) is 0 Å². The number of rotatable bonds is 10. The zero-order valence-corrected chi connectivity index (χ0v) is 18.7. The van der Waals surface area contributed by atoms with Gasteiger partial charge >= 0.3 is 0 Å². The molecule has 3 heterocycles. The van der Waals surface area contributed by atoms with E-state index in [0.29, 0.717) is 12.2 Å². The van der Waals surface area contributed by atoms with Gasteiger partial charge in [0, 0.05) is 24.4 Å². The van der Waals surface area contributed by atoms with Crippen molar-refractivity contribution in [2.45, 2.75) is 17.2 Å². The Bertz CT molecular complexity index is 1320. The number of nitrogens with zero attached hydrogens (tertiary/aromatic N) is 1. The Morgan fingerprint density at radius 3 is 2.79 bits per heavy atom. The summed E-state index contributed by atoms with van der Waals surface area (Å²) in [5.74, 6) is -1.66. The highest BCUT2D eigenvalue weighted by Gasteiger charge is 2.35. The summed E-state index contributed by atoms with van der Waals surface area (Å²) in [6, 6.07) is 4.61. The van der Waals surface area contributed by atoms with Crippen molar-refractivity contribution < 1.29 is 36.7 Å². The number of nitrogens with one attached hydrogen (secondary N) is 2. The van der Waals surface area contributed by atoms with Crippen molar-refractivity contribution in [1.82, 2.24) is 4.98 Å². The van der Waals surface area contributed by atoms with Gasteiger partial charge in [-0.3, -0.25) is 19.1 Å². The van der Waals surface area contributed by atoms with Crippen LogP contribution < -0.4 is 19.5 Å². The van der Waals surface area contributed by atoms with Crippen molar-refractivity contribution >= 4 is 50.2 Å². The first-order chi connectivity index (χ1) is 15.8. The summed E-state index contributed by atoms with van der Waals surface area (Å²) in [5, 5.41) is 3.86. The van der Waals surface area contributed by atoms with E-state index in [1.54, 1.807) is 12.1 Å². The van der Waals surface area contributed by atoms with Crippen molar-refractivity contribution in [1.29, 1.82) is 0 Å². The van der Waals surface area contributed by atoms with E-state index >= 15 is 0 Å². The van der Waals surface area contributed by atoms with Gasteiger partial charge in [-0.2, -0.15) is 8.42 Å². The number of anilines is 2. The number of furan rings is 1. The first-order valence-electron chi connectivity index (χ1n) is 9.50. The molecular formula is C20H17N3O8S2. The fraction of sp³-hybridized carbons (Fsp3) is 0.200. The summed E-state index contributed by atoms with van der Waals surface area (Å²) in [4.78, 5) is 40.3. The minimum Gasteiger partial charge on any atom is -0.491 e. The molecule has 0 unspecified atom stereocenters. The Kier molecular flexibility index (Phi) is 6.16. The lowest BCUT2D eigenvalue weighted by molar-refractivity contribution is -0.121. The molecule has 1 aliphatic rings. The number of Topliss-reactive ketones (excluding diaryl/α,β-unsaturated/α-hetero) is 2. The number of carbonyl (C=O) groups excluding carboxylic acids is 3. The molecule has 13 heteroatoms. The highest BCUT2D eigenvalue weighted by Crippen LogP contribution is 2.47. The van der Waals surface area contributed by atoms with Crippen LogP contribution in [0.15, 0.2) is 44.8 Å². The third kappa shape index (κ3) is 4.59. The quantitative estimate of drug-likeness (QED) is 0.406. The second-order valence-electron chi connectivity index (χ2n) is 6.80. The molecule has 0 saturated carbocycles. The summed E-state index contributed by atoms with van der Waals surface area (Å²) in [6.45, 7) is -0.413. The van der Waals surface area contributed by atoms with Crippen LogP contribution in [0.2, 0.25) is 0 Å². The number of aromatic nitrogens is 1. The van der Waals surface area contributed by atoms with Crippen molar-refractivity contribution in [2.75, 3.05) is 23.8 Å². The lowest BCUT2D eigenvalue weighted by Crippen LogP contribution is -2.17. The molecule has 2 aromatic heterocycles. The van der Waals surface area contributed by atoms with Crippen molar-refractivity contribution in [2.24, 2.45) is 0 Å². The van der Waals surface area contributed by atoms with E-state index < -0.39 is 28.3 Å². The van der Waals surface area contributed by atoms with Gasteiger partial charge in [-0.1, -0.05) is 0 Å². The van der Waals surface area contributed by atoms with Gasteiger partial charge in [-0.05, 0) is 18.2 Å². The van der Waals surface area contributed by atoms with E-state index in [1.165, 1.54) is 24.9 Å². The van der Waals surface area contributed by atoms with Crippen molar-refractivity contribution in [3.8, 4) is 11.5 Å². The van der Waals surface area contributed by atoms with Gasteiger partial charge in [0.05, 0.1) is 30.3 Å². The van der Waals surface area contributed by atoms with Gasteiger partial charge in [0.2, 0.25) is 4.34 Å². The lowest BCUT2D eigenvalue weighted by Gasteiger charge is -2.18. The summed E-state index contributed by atoms with van der Waals surface area (Å²) < 4.78 is 43.7. The topological polar surface area (TPSA) is 154 Å². The molecule has 1 aromatic carbocycles. The van der Waals surface area contributed by atoms with Crippen molar-refractivity contribution in [3.63, 3.8) is 0 Å². The zero-order valence-electron chi connectivity index (χ0n) is 17.1. The Labute approximate surface area is 191 Å². The molecular weight excluding hydrogens is 474 g/mol. The fourth-order valence-electron chi connectivity index (χ4n) is 3.12. The predicted octanol–water partition coefficient (Wildman–Crippen LogP) is 2.26. The maximum absolute atomic E-state index is 12.7. The monoisotopic (exact) mass is 491 g/mol. The average molecular weight is 492 g/mol. The minimum absolute atomic E-state index is 0.0303. The van der Waals surface area contributed by atoms with E-state index in [4.69, 9.17) is 13.9 Å². The van der Waals surface area contributed by atoms with E-state index in [0.717, 1.165) is 17.4 Å². The largest absolute Gasteiger partial charge is 0.491 e. The highest BCUT2D eigenvalue weighted by molar-refractivity contribution is 7.94. The number of hydrogen-bond acceptors (Lipinski definition) is 10. The van der Waals surface area contributed by atoms with Crippen LogP contribution in [-0.2, 0) is 26.0 Å². The Morgan fingerprint density at radius 2 is 2.12 bits per heavy atom. The van der Waals surface area contributed by atoms with Gasteiger partial charge in [0.15, 0.2) is 17.3 Å². The van der Waals surface area contributed by atoms with Gasteiger partial charge in [-0.15, -0.1) is 11.3 Å². The molecule has 0 bridgehead atoms. The molecule has 33 heavy (non-hydrogen) atoms. The van der Waals surface area contributed by atoms with Crippen LogP contribution in [0, 0.1) is 0 Å². The number of thiazole rings is 1. The third-order valence-electron chi connectivity index (χ3n) is 4.62. The zero-order chi connectivity index (χ0) is 23.6. The summed E-state index contributed by atoms with van der Waals surface area (Å²) in [7, 11) is -2.88. The molecule has 3 aromatic rings. The standard InChI is InChI=1S/C20H17N3O8S2/c1-29-18-15-13(16(25)19(26)22-15)9-14(23-33(27,28)20-21-6-8-32-20)17(18)31-10-11(24)4-5-12-3-2-7-30-12/h2-3,6-9,23H,4-5,10H2,1H3,(H,22,25,26). The van der Waals surface area contributed by atoms with E-state index in [9.17, 15) is 22.8 Å². The predicted molar refractivity (Wildman–Crippen MR) is 116 cm³/mol. The van der Waals surface area contributed by atoms with E-state index in [-0.39, 0.29) is 45.0 Å². The van der Waals surface area contributed by atoms with Crippen LogP contribution in [0.25, 0.3) is 0 Å². The van der Waals surface area contributed by atoms with E-state index in [2.05, 4.69) is 15.0 Å². The van der Waals surface area contributed by atoms with Gasteiger partial charge in [0.25, 0.3) is 21.7 Å². The maximum atomic E-state index is 12.7.